The van der Waals surface area contributed by atoms with Gasteiger partial charge in [0, 0.05) is 13.2 Å². The van der Waals surface area contributed by atoms with Gasteiger partial charge in [-0.2, -0.15) is 0 Å². The van der Waals surface area contributed by atoms with Crippen molar-refractivity contribution in [3.05, 3.63) is 21.3 Å². The predicted molar refractivity (Wildman–Crippen MR) is 60.2 cm³/mol. The molecular weight excluding hydrogens is 216 g/mol. The van der Waals surface area contributed by atoms with Crippen LogP contribution in [-0.2, 0) is 4.74 Å². The van der Waals surface area contributed by atoms with Gasteiger partial charge in [0.1, 0.15) is 5.03 Å². The Kier molecular flexibility index (Phi) is 5.49. The van der Waals surface area contributed by atoms with E-state index < -0.39 is 4.92 Å². The molecule has 1 aliphatic heterocycles. The molecule has 1 N–H and O–H groups in total. The minimum Gasteiger partial charge on any atom is -0.376 e. The van der Waals surface area contributed by atoms with Crippen LogP contribution in [0.2, 0.25) is 0 Å². The maximum Gasteiger partial charge on any atom is 0.263 e. The van der Waals surface area contributed by atoms with Gasteiger partial charge >= 0.3 is 0 Å². The van der Waals surface area contributed by atoms with E-state index >= 15 is 0 Å². The van der Waals surface area contributed by atoms with E-state index in [1.165, 1.54) is 18.2 Å². The lowest BCUT2D eigenvalue weighted by atomic mass is 10.1. The van der Waals surface area contributed by atoms with E-state index in [-0.39, 0.29) is 6.10 Å². The van der Waals surface area contributed by atoms with Crippen LogP contribution in [0.3, 0.4) is 0 Å². The van der Waals surface area contributed by atoms with Crippen LogP contribution in [0, 0.1) is 10.1 Å². The van der Waals surface area contributed by atoms with Crippen molar-refractivity contribution >= 4 is 11.8 Å². The normalized spacial score (nSPS) is 22.5. The minimum atomic E-state index is -0.444. The molecule has 1 aliphatic rings. The number of hydrogen-bond acceptors (Lipinski definition) is 5. The summed E-state index contributed by atoms with van der Waals surface area (Å²) >= 11 is 1.34. The van der Waals surface area contributed by atoms with Crippen LogP contribution in [0.5, 0.6) is 0 Å². The molecule has 1 atom stereocenters. The zero-order valence-electron chi connectivity index (χ0n) is 8.77. The maximum atomic E-state index is 10.3. The van der Waals surface area contributed by atoms with Crippen LogP contribution < -0.4 is 5.32 Å². The average molecular weight is 232 g/mol. The third-order valence-electron chi connectivity index (χ3n) is 2.22. The molecule has 1 unspecified atom stereocenters. The van der Waals surface area contributed by atoms with Gasteiger partial charge < -0.3 is 10.1 Å². The lowest BCUT2D eigenvalue weighted by molar-refractivity contribution is -0.403. The van der Waals surface area contributed by atoms with Crippen molar-refractivity contribution in [2.45, 2.75) is 25.4 Å². The average Bonchev–Trinajstić information content (AvgIpc) is 2.25. The zero-order valence-corrected chi connectivity index (χ0v) is 9.59. The lowest BCUT2D eigenvalue weighted by Gasteiger charge is -2.23. The van der Waals surface area contributed by atoms with Crippen molar-refractivity contribution < 1.29 is 9.66 Å². The van der Waals surface area contributed by atoms with E-state index in [9.17, 15) is 10.1 Å². The zero-order chi connectivity index (χ0) is 11.1. The first-order valence-electron chi connectivity index (χ1n) is 4.97. The standard InChI is InChI=1S/C9H16N2O3S/c1-15-9(7-11(12)13)10-6-8-4-2-3-5-14-8/h7-8,10H,2-6H2,1H3/b9-7-. The Hall–Kier alpha value is -0.750. The van der Waals surface area contributed by atoms with Crippen molar-refractivity contribution in [1.82, 2.24) is 5.32 Å². The first-order chi connectivity index (χ1) is 7.22. The van der Waals surface area contributed by atoms with Gasteiger partial charge in [0.05, 0.1) is 11.0 Å². The molecule has 0 saturated carbocycles. The fourth-order valence-corrected chi connectivity index (χ4v) is 1.87. The van der Waals surface area contributed by atoms with Crippen LogP contribution in [0.25, 0.3) is 0 Å². The number of nitrogens with zero attached hydrogens (tertiary/aromatic N) is 1. The summed E-state index contributed by atoms with van der Waals surface area (Å²) in [5.74, 6) is 0. The van der Waals surface area contributed by atoms with Crippen molar-refractivity contribution in [1.29, 1.82) is 0 Å². The highest BCUT2D eigenvalue weighted by molar-refractivity contribution is 8.02. The Balaban J connectivity index is 2.29. The molecule has 86 valence electrons. The van der Waals surface area contributed by atoms with Gasteiger partial charge in [0.25, 0.3) is 6.20 Å². The predicted octanol–water partition coefficient (Wildman–Crippen LogP) is 1.58. The van der Waals surface area contributed by atoms with Gasteiger partial charge in [-0.3, -0.25) is 10.1 Å². The van der Waals surface area contributed by atoms with Crippen molar-refractivity contribution in [3.63, 3.8) is 0 Å². The highest BCUT2D eigenvalue weighted by atomic mass is 32.2. The molecule has 0 aromatic rings. The number of nitro groups is 1. The minimum absolute atomic E-state index is 0.195. The molecule has 0 aromatic carbocycles. The van der Waals surface area contributed by atoms with Crippen molar-refractivity contribution in [2.24, 2.45) is 0 Å². The second kappa shape index (κ2) is 6.68. The summed E-state index contributed by atoms with van der Waals surface area (Å²) in [6.45, 7) is 1.46. The van der Waals surface area contributed by atoms with Gasteiger partial charge in [0.15, 0.2) is 0 Å². The first kappa shape index (κ1) is 12.3. The van der Waals surface area contributed by atoms with Crippen LogP contribution in [-0.4, -0.2) is 30.4 Å². The van der Waals surface area contributed by atoms with Gasteiger partial charge in [-0.15, -0.1) is 11.8 Å². The molecule has 0 amide bonds. The Morgan fingerprint density at radius 1 is 1.73 bits per heavy atom. The SMILES string of the molecule is CS/C(=C\[N+](=O)[O-])NCC1CCCCO1. The summed E-state index contributed by atoms with van der Waals surface area (Å²) in [5, 5.41) is 13.9. The summed E-state index contributed by atoms with van der Waals surface area (Å²) in [4.78, 5) is 9.82. The van der Waals surface area contributed by atoms with E-state index in [0.29, 0.717) is 11.6 Å². The monoisotopic (exact) mass is 232 g/mol. The highest BCUT2D eigenvalue weighted by Gasteiger charge is 2.14. The van der Waals surface area contributed by atoms with Crippen LogP contribution in [0.1, 0.15) is 19.3 Å². The van der Waals surface area contributed by atoms with Crippen LogP contribution in [0.4, 0.5) is 0 Å². The number of hydrogen-bond donors (Lipinski definition) is 1. The number of rotatable bonds is 5. The second-order valence-electron chi connectivity index (χ2n) is 3.35. The van der Waals surface area contributed by atoms with Crippen LogP contribution >= 0.6 is 11.8 Å². The fraction of sp³-hybridized carbons (Fsp3) is 0.778. The van der Waals surface area contributed by atoms with Crippen molar-refractivity contribution in [3.8, 4) is 0 Å². The molecule has 1 saturated heterocycles. The third-order valence-corrected chi connectivity index (χ3v) is 2.91. The molecule has 15 heavy (non-hydrogen) atoms. The van der Waals surface area contributed by atoms with Gasteiger partial charge in [-0.05, 0) is 25.5 Å². The van der Waals surface area contributed by atoms with Gasteiger partial charge in [-0.25, -0.2) is 0 Å². The summed E-state index contributed by atoms with van der Waals surface area (Å²) in [5.41, 5.74) is 0. The van der Waals surface area contributed by atoms with E-state index in [0.717, 1.165) is 25.6 Å². The van der Waals surface area contributed by atoms with Crippen molar-refractivity contribution in [2.75, 3.05) is 19.4 Å². The van der Waals surface area contributed by atoms with E-state index in [4.69, 9.17) is 4.74 Å². The summed E-state index contributed by atoms with van der Waals surface area (Å²) in [7, 11) is 0. The van der Waals surface area contributed by atoms with E-state index in [1.807, 2.05) is 6.26 Å². The molecule has 5 nitrogen and oxygen atoms in total. The molecule has 1 rings (SSSR count). The summed E-state index contributed by atoms with van der Waals surface area (Å²) in [6, 6.07) is 0. The van der Waals surface area contributed by atoms with E-state index in [2.05, 4.69) is 5.32 Å². The summed E-state index contributed by atoms with van der Waals surface area (Å²) < 4.78 is 5.51. The Morgan fingerprint density at radius 2 is 2.53 bits per heavy atom. The van der Waals surface area contributed by atoms with Crippen LogP contribution in [0.15, 0.2) is 11.2 Å². The number of thioether (sulfide) groups is 1. The first-order valence-corrected chi connectivity index (χ1v) is 6.19. The van der Waals surface area contributed by atoms with Gasteiger partial charge in [-0.1, -0.05) is 0 Å². The van der Waals surface area contributed by atoms with E-state index in [1.54, 1.807) is 0 Å². The Morgan fingerprint density at radius 3 is 3.07 bits per heavy atom. The quantitative estimate of drug-likeness (QED) is 0.576. The van der Waals surface area contributed by atoms with Gasteiger partial charge in [0.2, 0.25) is 0 Å². The maximum absolute atomic E-state index is 10.3. The number of nitrogens with one attached hydrogen (secondary N) is 1. The fourth-order valence-electron chi connectivity index (χ4n) is 1.45. The summed E-state index contributed by atoms with van der Waals surface area (Å²) in [6.07, 6.45) is 6.34. The second-order valence-corrected chi connectivity index (χ2v) is 4.20. The smallest absolute Gasteiger partial charge is 0.263 e. The molecule has 1 fully saturated rings. The highest BCUT2D eigenvalue weighted by Crippen LogP contribution is 2.13. The largest absolute Gasteiger partial charge is 0.376 e. The number of ether oxygens (including phenoxy) is 1. The third kappa shape index (κ3) is 5.03. The Bertz CT molecular complexity index is 240. The lowest BCUT2D eigenvalue weighted by Crippen LogP contribution is -2.31. The molecule has 0 aliphatic carbocycles. The topological polar surface area (TPSA) is 64.4 Å². The molecule has 0 radical (unpaired) electrons. The molecule has 1 heterocycles. The molecule has 6 heteroatoms. The molecular formula is C9H16N2O3S. The molecule has 0 aromatic heterocycles. The molecule has 0 bridgehead atoms. The Labute approximate surface area is 93.4 Å². The molecule has 0 spiro atoms.